The van der Waals surface area contributed by atoms with E-state index in [9.17, 15) is 16.8 Å². The molecule has 0 radical (unpaired) electrons. The molecule has 0 N–H and O–H groups in total. The second kappa shape index (κ2) is 7.16. The van der Waals surface area contributed by atoms with E-state index in [1.54, 1.807) is 23.7 Å². The van der Waals surface area contributed by atoms with Crippen molar-refractivity contribution in [2.45, 2.75) is 15.5 Å². The molecule has 0 aromatic carbocycles. The molecule has 0 aliphatic carbocycles. The standard InChI is InChI=1S/C17H21N3O4S3/c21-26(22)12-14(15(13-26)27(23,24)17-5-3-11-25-17)19-7-9-20(10-8-19)16-4-1-2-6-18-16/h1-6,11,14-15H,7-10,12-13H2. The monoisotopic (exact) mass is 427 g/mol. The lowest BCUT2D eigenvalue weighted by Gasteiger charge is -2.39. The normalized spacial score (nSPS) is 26.3. The van der Waals surface area contributed by atoms with Gasteiger partial charge in [-0.15, -0.1) is 11.3 Å². The van der Waals surface area contributed by atoms with Gasteiger partial charge < -0.3 is 4.90 Å². The summed E-state index contributed by atoms with van der Waals surface area (Å²) in [4.78, 5) is 8.52. The molecule has 2 aromatic rings. The van der Waals surface area contributed by atoms with Crippen LogP contribution in [0.2, 0.25) is 0 Å². The minimum absolute atomic E-state index is 0.0914. The number of thiophene rings is 1. The Morgan fingerprint density at radius 3 is 2.44 bits per heavy atom. The Morgan fingerprint density at radius 2 is 1.81 bits per heavy atom. The van der Waals surface area contributed by atoms with Gasteiger partial charge in [0.05, 0.1) is 16.8 Å². The average Bonchev–Trinajstić information content (AvgIpc) is 3.31. The van der Waals surface area contributed by atoms with Crippen molar-refractivity contribution in [2.24, 2.45) is 0 Å². The van der Waals surface area contributed by atoms with E-state index in [1.807, 2.05) is 23.1 Å². The highest BCUT2D eigenvalue weighted by Gasteiger charge is 2.48. The predicted molar refractivity (Wildman–Crippen MR) is 106 cm³/mol. The molecule has 2 atom stereocenters. The van der Waals surface area contributed by atoms with Crippen LogP contribution in [-0.2, 0) is 19.7 Å². The first kappa shape index (κ1) is 18.9. The van der Waals surface area contributed by atoms with E-state index in [0.717, 1.165) is 17.2 Å². The van der Waals surface area contributed by atoms with E-state index < -0.39 is 31.0 Å². The molecule has 2 aromatic heterocycles. The molecule has 27 heavy (non-hydrogen) atoms. The van der Waals surface area contributed by atoms with Crippen LogP contribution in [0.4, 0.5) is 5.82 Å². The van der Waals surface area contributed by atoms with Gasteiger partial charge in [0, 0.05) is 38.4 Å². The van der Waals surface area contributed by atoms with Crippen molar-refractivity contribution in [1.29, 1.82) is 0 Å². The van der Waals surface area contributed by atoms with Crippen LogP contribution < -0.4 is 4.90 Å². The number of hydrogen-bond acceptors (Lipinski definition) is 8. The topological polar surface area (TPSA) is 87.7 Å². The Balaban J connectivity index is 1.54. The van der Waals surface area contributed by atoms with Crippen molar-refractivity contribution in [3.05, 3.63) is 41.9 Å². The predicted octanol–water partition coefficient (Wildman–Crippen LogP) is 0.905. The number of sulfone groups is 2. The molecule has 146 valence electrons. The van der Waals surface area contributed by atoms with Crippen LogP contribution in [-0.4, -0.2) is 75.7 Å². The third-order valence-corrected chi connectivity index (χ3v) is 10.8. The molecule has 0 spiro atoms. The van der Waals surface area contributed by atoms with Gasteiger partial charge in [0.2, 0.25) is 0 Å². The summed E-state index contributed by atoms with van der Waals surface area (Å²) in [5.41, 5.74) is 0. The highest BCUT2D eigenvalue weighted by Crippen LogP contribution is 2.31. The van der Waals surface area contributed by atoms with Gasteiger partial charge in [-0.05, 0) is 23.6 Å². The maximum absolute atomic E-state index is 13.0. The van der Waals surface area contributed by atoms with Gasteiger partial charge >= 0.3 is 0 Å². The zero-order chi connectivity index (χ0) is 19.1. The summed E-state index contributed by atoms with van der Waals surface area (Å²) in [6.45, 7) is 2.62. The van der Waals surface area contributed by atoms with Crippen LogP contribution in [0.15, 0.2) is 46.1 Å². The smallest absolute Gasteiger partial charge is 0.193 e. The fraction of sp³-hybridized carbons (Fsp3) is 0.471. The maximum atomic E-state index is 13.0. The summed E-state index contributed by atoms with van der Waals surface area (Å²) in [5, 5.41) is 0.805. The molecule has 2 saturated heterocycles. The first-order chi connectivity index (χ1) is 12.9. The molecule has 2 fully saturated rings. The minimum atomic E-state index is -3.66. The van der Waals surface area contributed by atoms with Gasteiger partial charge in [-0.1, -0.05) is 12.1 Å². The van der Waals surface area contributed by atoms with Crippen molar-refractivity contribution >= 4 is 36.8 Å². The third-order valence-electron chi connectivity index (χ3n) is 5.20. The van der Waals surface area contributed by atoms with Crippen LogP contribution in [0.3, 0.4) is 0 Å². The van der Waals surface area contributed by atoms with Gasteiger partial charge in [-0.2, -0.15) is 0 Å². The fourth-order valence-electron chi connectivity index (χ4n) is 3.83. The quantitative estimate of drug-likeness (QED) is 0.716. The van der Waals surface area contributed by atoms with E-state index in [4.69, 9.17) is 0 Å². The number of pyridine rings is 1. The van der Waals surface area contributed by atoms with E-state index in [-0.39, 0.29) is 15.7 Å². The summed E-state index contributed by atoms with van der Waals surface area (Å²) in [7, 11) is -7.03. The van der Waals surface area contributed by atoms with E-state index >= 15 is 0 Å². The molecule has 0 bridgehead atoms. The van der Waals surface area contributed by atoms with Crippen LogP contribution >= 0.6 is 11.3 Å². The second-order valence-electron chi connectivity index (χ2n) is 6.87. The molecule has 0 amide bonds. The molecule has 0 saturated carbocycles. The molecule has 4 rings (SSSR count). The van der Waals surface area contributed by atoms with Gasteiger partial charge in [0.1, 0.15) is 10.0 Å². The lowest BCUT2D eigenvalue weighted by atomic mass is 10.2. The number of anilines is 1. The average molecular weight is 428 g/mol. The maximum Gasteiger partial charge on any atom is 0.193 e. The van der Waals surface area contributed by atoms with Crippen LogP contribution in [0.25, 0.3) is 0 Å². The summed E-state index contributed by atoms with van der Waals surface area (Å²) in [5.74, 6) is 0.503. The number of nitrogens with zero attached hydrogens (tertiary/aromatic N) is 3. The van der Waals surface area contributed by atoms with E-state index in [0.29, 0.717) is 26.2 Å². The van der Waals surface area contributed by atoms with Crippen molar-refractivity contribution in [3.63, 3.8) is 0 Å². The summed E-state index contributed by atoms with van der Waals surface area (Å²) in [6.07, 6.45) is 1.74. The number of aromatic nitrogens is 1. The number of piperazine rings is 1. The third kappa shape index (κ3) is 3.75. The largest absolute Gasteiger partial charge is 0.354 e. The molecule has 10 heteroatoms. The summed E-state index contributed by atoms with van der Waals surface area (Å²) >= 11 is 1.15. The lowest BCUT2D eigenvalue weighted by Crippen LogP contribution is -2.55. The van der Waals surface area contributed by atoms with Crippen LogP contribution in [0.5, 0.6) is 0 Å². The highest BCUT2D eigenvalue weighted by molar-refractivity contribution is 7.97. The first-order valence-corrected chi connectivity index (χ1v) is 13.0. The number of rotatable bonds is 4. The Bertz CT molecular complexity index is 983. The molecular weight excluding hydrogens is 406 g/mol. The molecule has 2 unspecified atom stereocenters. The zero-order valence-corrected chi connectivity index (χ0v) is 17.1. The van der Waals surface area contributed by atoms with Crippen molar-refractivity contribution in [1.82, 2.24) is 9.88 Å². The molecule has 2 aliphatic heterocycles. The molecule has 7 nitrogen and oxygen atoms in total. The molecule has 2 aliphatic rings. The Morgan fingerprint density at radius 1 is 1.04 bits per heavy atom. The van der Waals surface area contributed by atoms with Gasteiger partial charge in [-0.3, -0.25) is 4.90 Å². The van der Waals surface area contributed by atoms with Gasteiger partial charge in [-0.25, -0.2) is 21.8 Å². The molecular formula is C17H21N3O4S3. The summed E-state index contributed by atoms with van der Waals surface area (Å²) in [6, 6.07) is 8.49. The van der Waals surface area contributed by atoms with Gasteiger partial charge in [0.15, 0.2) is 19.7 Å². The van der Waals surface area contributed by atoms with Gasteiger partial charge in [0.25, 0.3) is 0 Å². The zero-order valence-electron chi connectivity index (χ0n) is 14.6. The summed E-state index contributed by atoms with van der Waals surface area (Å²) < 4.78 is 50.9. The van der Waals surface area contributed by atoms with E-state index in [1.165, 1.54) is 0 Å². The SMILES string of the molecule is O=S1(=O)CC(N2CCN(c3ccccn3)CC2)C(S(=O)(=O)c2cccs2)C1. The van der Waals surface area contributed by atoms with Crippen molar-refractivity contribution in [2.75, 3.05) is 42.6 Å². The first-order valence-electron chi connectivity index (χ1n) is 8.75. The second-order valence-corrected chi connectivity index (χ2v) is 12.4. The van der Waals surface area contributed by atoms with Crippen molar-refractivity contribution in [3.8, 4) is 0 Å². The lowest BCUT2D eigenvalue weighted by molar-refractivity contribution is 0.201. The Labute approximate surface area is 163 Å². The Hall–Kier alpha value is -1.49. The minimum Gasteiger partial charge on any atom is -0.354 e. The number of hydrogen-bond donors (Lipinski definition) is 0. The Kier molecular flexibility index (Phi) is 5.00. The highest BCUT2D eigenvalue weighted by atomic mass is 32.2. The van der Waals surface area contributed by atoms with Crippen LogP contribution in [0.1, 0.15) is 0 Å². The van der Waals surface area contributed by atoms with E-state index in [2.05, 4.69) is 9.88 Å². The fourth-order valence-corrected chi connectivity index (χ4v) is 9.89. The molecule has 4 heterocycles. The van der Waals surface area contributed by atoms with Crippen LogP contribution in [0, 0.1) is 0 Å². The van der Waals surface area contributed by atoms with Crippen molar-refractivity contribution < 1.29 is 16.8 Å².